The largest absolute Gasteiger partial charge is 0.372 e. The van der Waals surface area contributed by atoms with Crippen LogP contribution in [0.5, 0.6) is 0 Å². The summed E-state index contributed by atoms with van der Waals surface area (Å²) in [5, 5.41) is 3.04. The van der Waals surface area contributed by atoms with Crippen molar-refractivity contribution in [3.8, 4) is 0 Å². The van der Waals surface area contributed by atoms with Crippen LogP contribution in [-0.4, -0.2) is 42.1 Å². The van der Waals surface area contributed by atoms with Crippen molar-refractivity contribution in [1.29, 1.82) is 0 Å². The first-order valence-electron chi connectivity index (χ1n) is 9.12. The van der Waals surface area contributed by atoms with Gasteiger partial charge in [0, 0.05) is 49.9 Å². The van der Waals surface area contributed by atoms with Crippen molar-refractivity contribution >= 4 is 17.4 Å². The molecule has 2 aliphatic rings. The summed E-state index contributed by atoms with van der Waals surface area (Å²) in [7, 11) is 0. The molecule has 2 aliphatic heterocycles. The second kappa shape index (κ2) is 7.33. The molecule has 2 amide bonds. The smallest absolute Gasteiger partial charge is 0.321 e. The first-order chi connectivity index (χ1) is 12.7. The summed E-state index contributed by atoms with van der Waals surface area (Å²) < 4.78 is 5.44. The van der Waals surface area contributed by atoms with Crippen LogP contribution >= 0.6 is 0 Å². The number of rotatable bonds is 2. The van der Waals surface area contributed by atoms with Gasteiger partial charge in [-0.1, -0.05) is 6.07 Å². The lowest BCUT2D eigenvalue weighted by molar-refractivity contribution is 0.134. The molecular weight excluding hydrogens is 328 g/mol. The fourth-order valence-electron chi connectivity index (χ4n) is 3.63. The number of hydrogen-bond acceptors (Lipinski definition) is 4. The Morgan fingerprint density at radius 3 is 2.88 bits per heavy atom. The highest BCUT2D eigenvalue weighted by molar-refractivity contribution is 5.89. The molecule has 26 heavy (non-hydrogen) atoms. The lowest BCUT2D eigenvalue weighted by Crippen LogP contribution is -2.38. The van der Waals surface area contributed by atoms with E-state index >= 15 is 0 Å². The number of amides is 2. The molecule has 1 N–H and O–H groups in total. The lowest BCUT2D eigenvalue weighted by Gasteiger charge is -2.25. The summed E-state index contributed by atoms with van der Waals surface area (Å²) in [5.41, 5.74) is 5.59. The van der Waals surface area contributed by atoms with E-state index in [4.69, 9.17) is 4.74 Å². The average Bonchev–Trinajstić information content (AvgIpc) is 2.97. The number of anilines is 2. The number of pyridine rings is 1. The van der Waals surface area contributed by atoms with Gasteiger partial charge in [-0.25, -0.2) is 4.79 Å². The highest BCUT2D eigenvalue weighted by Crippen LogP contribution is 2.24. The van der Waals surface area contributed by atoms with Crippen LogP contribution in [0.1, 0.15) is 23.1 Å². The molecule has 136 valence electrons. The molecule has 1 aromatic carbocycles. The van der Waals surface area contributed by atoms with Gasteiger partial charge in [-0.15, -0.1) is 0 Å². The van der Waals surface area contributed by atoms with E-state index in [9.17, 15) is 4.79 Å². The number of aryl methyl sites for hydroxylation is 1. The maximum Gasteiger partial charge on any atom is 0.321 e. The maximum absolute atomic E-state index is 12.7. The lowest BCUT2D eigenvalue weighted by atomic mass is 10.1. The topological polar surface area (TPSA) is 57.7 Å². The number of nitrogens with zero attached hydrogens (tertiary/aromatic N) is 3. The van der Waals surface area contributed by atoms with Crippen molar-refractivity contribution in [2.75, 3.05) is 36.4 Å². The Labute approximate surface area is 153 Å². The van der Waals surface area contributed by atoms with Gasteiger partial charge in [0.25, 0.3) is 0 Å². The summed E-state index contributed by atoms with van der Waals surface area (Å²) in [6.45, 7) is 6.63. The van der Waals surface area contributed by atoms with E-state index in [1.54, 1.807) is 0 Å². The van der Waals surface area contributed by atoms with E-state index in [2.05, 4.69) is 28.2 Å². The number of carbonyl (C=O) groups is 1. The van der Waals surface area contributed by atoms with Crippen LogP contribution in [0.3, 0.4) is 0 Å². The number of hydrogen-bond donors (Lipinski definition) is 1. The van der Waals surface area contributed by atoms with Crippen molar-refractivity contribution in [2.45, 2.75) is 26.6 Å². The normalized spacial score (nSPS) is 17.0. The van der Waals surface area contributed by atoms with Gasteiger partial charge in [-0.2, -0.15) is 0 Å². The van der Waals surface area contributed by atoms with Crippen molar-refractivity contribution in [1.82, 2.24) is 9.88 Å². The summed E-state index contributed by atoms with van der Waals surface area (Å²) in [6, 6.07) is 8.03. The number of urea groups is 1. The van der Waals surface area contributed by atoms with E-state index in [1.807, 2.05) is 35.5 Å². The minimum Gasteiger partial charge on any atom is -0.372 e. The summed E-state index contributed by atoms with van der Waals surface area (Å²) in [5.74, 6) is 0. The van der Waals surface area contributed by atoms with Crippen molar-refractivity contribution in [2.24, 2.45) is 0 Å². The first-order valence-corrected chi connectivity index (χ1v) is 9.12. The highest BCUT2D eigenvalue weighted by atomic mass is 16.5. The summed E-state index contributed by atoms with van der Waals surface area (Å²) >= 11 is 0. The van der Waals surface area contributed by atoms with Crippen LogP contribution in [-0.2, 0) is 18.0 Å². The third-order valence-electron chi connectivity index (χ3n) is 5.09. The van der Waals surface area contributed by atoms with Crippen LogP contribution in [0.4, 0.5) is 16.2 Å². The minimum atomic E-state index is -0.0304. The van der Waals surface area contributed by atoms with Crippen LogP contribution in [0.25, 0.3) is 0 Å². The third kappa shape index (κ3) is 3.51. The van der Waals surface area contributed by atoms with Gasteiger partial charge in [0.15, 0.2) is 0 Å². The molecule has 4 rings (SSSR count). The number of fused-ring (bicyclic) bond motifs is 1. The van der Waals surface area contributed by atoms with Gasteiger partial charge in [-0.3, -0.25) is 4.98 Å². The molecule has 0 bridgehead atoms. The van der Waals surface area contributed by atoms with Crippen LogP contribution in [0.2, 0.25) is 0 Å². The molecule has 3 heterocycles. The van der Waals surface area contributed by atoms with Crippen molar-refractivity contribution < 1.29 is 9.53 Å². The molecule has 0 unspecified atom stereocenters. The Balaban J connectivity index is 1.39. The number of nitrogens with one attached hydrogen (secondary N) is 1. The quantitative estimate of drug-likeness (QED) is 0.902. The van der Waals surface area contributed by atoms with Gasteiger partial charge < -0.3 is 19.9 Å². The summed E-state index contributed by atoms with van der Waals surface area (Å²) in [6.07, 6.45) is 4.67. The van der Waals surface area contributed by atoms with Crippen molar-refractivity contribution in [3.63, 3.8) is 0 Å². The predicted molar refractivity (Wildman–Crippen MR) is 101 cm³/mol. The van der Waals surface area contributed by atoms with Gasteiger partial charge in [0.05, 0.1) is 13.2 Å². The zero-order chi connectivity index (χ0) is 17.9. The standard InChI is InChI=1S/C20H24N4O2/c1-15-12-21-6-5-19(15)23-7-2-8-24(10-9-23)20(25)22-18-4-3-16-13-26-14-17(16)11-18/h3-6,11-12H,2,7-10,13-14H2,1H3,(H,22,25). The number of carbonyl (C=O) groups excluding carboxylic acids is 1. The van der Waals surface area contributed by atoms with Gasteiger partial charge >= 0.3 is 6.03 Å². The Morgan fingerprint density at radius 2 is 2.00 bits per heavy atom. The number of ether oxygens (including phenoxy) is 1. The maximum atomic E-state index is 12.7. The van der Waals surface area contributed by atoms with E-state index in [0.29, 0.717) is 19.8 Å². The van der Waals surface area contributed by atoms with E-state index in [1.165, 1.54) is 16.8 Å². The Morgan fingerprint density at radius 1 is 1.12 bits per heavy atom. The van der Waals surface area contributed by atoms with Gasteiger partial charge in [0.2, 0.25) is 0 Å². The molecule has 0 spiro atoms. The molecule has 1 fully saturated rings. The monoisotopic (exact) mass is 352 g/mol. The zero-order valence-corrected chi connectivity index (χ0v) is 15.1. The molecule has 0 radical (unpaired) electrons. The third-order valence-corrected chi connectivity index (χ3v) is 5.09. The molecular formula is C20H24N4O2. The molecule has 0 aliphatic carbocycles. The van der Waals surface area contributed by atoms with Crippen LogP contribution in [0, 0.1) is 6.92 Å². The van der Waals surface area contributed by atoms with E-state index in [-0.39, 0.29) is 6.03 Å². The Kier molecular flexibility index (Phi) is 4.75. The van der Waals surface area contributed by atoms with E-state index < -0.39 is 0 Å². The minimum absolute atomic E-state index is 0.0304. The zero-order valence-electron chi connectivity index (χ0n) is 15.1. The second-order valence-electron chi connectivity index (χ2n) is 6.90. The molecule has 1 aromatic heterocycles. The molecule has 6 nitrogen and oxygen atoms in total. The number of aromatic nitrogens is 1. The Bertz CT molecular complexity index is 808. The SMILES string of the molecule is Cc1cnccc1N1CCCN(C(=O)Nc2ccc3c(c2)COC3)CC1. The van der Waals surface area contributed by atoms with E-state index in [0.717, 1.165) is 37.3 Å². The molecule has 6 heteroatoms. The molecule has 1 saturated heterocycles. The van der Waals surface area contributed by atoms with Gasteiger partial charge in [0.1, 0.15) is 0 Å². The number of benzene rings is 1. The van der Waals surface area contributed by atoms with Crippen LogP contribution < -0.4 is 10.2 Å². The fraction of sp³-hybridized carbons (Fsp3) is 0.400. The summed E-state index contributed by atoms with van der Waals surface area (Å²) in [4.78, 5) is 21.1. The Hall–Kier alpha value is -2.60. The molecule has 0 saturated carbocycles. The van der Waals surface area contributed by atoms with Crippen LogP contribution in [0.15, 0.2) is 36.7 Å². The molecule has 0 atom stereocenters. The fourth-order valence-corrected chi connectivity index (χ4v) is 3.63. The highest BCUT2D eigenvalue weighted by Gasteiger charge is 2.21. The average molecular weight is 352 g/mol. The molecule has 2 aromatic rings. The second-order valence-corrected chi connectivity index (χ2v) is 6.90. The first kappa shape index (κ1) is 16.8. The predicted octanol–water partition coefficient (Wildman–Crippen LogP) is 3.16. The van der Waals surface area contributed by atoms with Crippen molar-refractivity contribution in [3.05, 3.63) is 53.3 Å². The van der Waals surface area contributed by atoms with Gasteiger partial charge in [-0.05, 0) is 48.2 Å².